The molecule has 0 atom stereocenters. The van der Waals surface area contributed by atoms with Gasteiger partial charge in [-0.2, -0.15) is 0 Å². The highest BCUT2D eigenvalue weighted by molar-refractivity contribution is 6.03. The van der Waals surface area contributed by atoms with Gasteiger partial charge in [-0.05, 0) is 49.4 Å². The molecule has 6 amide bonds. The van der Waals surface area contributed by atoms with Gasteiger partial charge in [0.25, 0.3) is 11.8 Å². The monoisotopic (exact) mass is 856 g/mol. The molecule has 20 nitrogen and oxygen atoms in total. The van der Waals surface area contributed by atoms with E-state index in [2.05, 4.69) is 21.3 Å². The second-order valence-corrected chi connectivity index (χ2v) is 13.2. The molecule has 0 aromatic heterocycles. The predicted octanol–water partition coefficient (Wildman–Crippen LogP) is -0.622. The molecule has 0 aliphatic carbocycles. The van der Waals surface area contributed by atoms with Crippen LogP contribution in [0.5, 0.6) is 0 Å². The number of benzene rings is 1. The summed E-state index contributed by atoms with van der Waals surface area (Å²) in [5.41, 5.74) is 0.621. The Kier molecular flexibility index (Phi) is 31.8. The number of nitrogens with one attached hydrogen (secondary N) is 4. The van der Waals surface area contributed by atoms with Gasteiger partial charge in [-0.3, -0.25) is 28.8 Å². The molecule has 0 unspecified atom stereocenters. The summed E-state index contributed by atoms with van der Waals surface area (Å²) in [4.78, 5) is 82.5. The number of rotatable bonds is 37. The summed E-state index contributed by atoms with van der Waals surface area (Å²) in [6, 6.07) is 4.45. The average molecular weight is 857 g/mol. The molecule has 0 spiro atoms. The summed E-state index contributed by atoms with van der Waals surface area (Å²) < 4.78 is 41.7. The predicted molar refractivity (Wildman–Crippen MR) is 219 cm³/mol. The van der Waals surface area contributed by atoms with Crippen molar-refractivity contribution < 1.29 is 66.7 Å². The Balaban J connectivity index is 3.26. The maximum Gasteiger partial charge on any atom is 0.254 e. The number of nitrogens with zero attached hydrogens (tertiary/aromatic N) is 2. The summed E-state index contributed by atoms with van der Waals surface area (Å²) >= 11 is 0. The smallest absolute Gasteiger partial charge is 0.254 e. The molecule has 0 saturated heterocycles. The Labute approximate surface area is 353 Å². The zero-order chi connectivity index (χ0) is 44.2. The van der Waals surface area contributed by atoms with Crippen molar-refractivity contribution in [3.05, 3.63) is 34.9 Å². The standard InChI is InChI=1S/C40H68N6O14/c1-6-32-24-33(39(51)45(28-36(48)42-11-18-58-22-20-55-4)27-35(47)41-10-17-57-16-9-14-54-3)26-34(25-32)40(52)46(29-37(49)43-12-19-59-23-21-56-5)30-38(50)44-31-60-15-8-7-13-53-2/h24-26H,6-23,27-31H2,1-5H3,(H,41,47)(H,42,48)(H,43,49)(H,44,50). The van der Waals surface area contributed by atoms with Crippen LogP contribution < -0.4 is 21.3 Å². The second-order valence-electron chi connectivity index (χ2n) is 13.2. The van der Waals surface area contributed by atoms with Crippen molar-refractivity contribution in [3.8, 4) is 0 Å². The van der Waals surface area contributed by atoms with Crippen LogP contribution in [0.25, 0.3) is 0 Å². The highest BCUT2D eigenvalue weighted by atomic mass is 16.5. The number of carbonyl (C=O) groups excluding carboxylic acids is 6. The van der Waals surface area contributed by atoms with Gasteiger partial charge in [0.2, 0.25) is 23.6 Å². The fourth-order valence-corrected chi connectivity index (χ4v) is 5.16. The normalized spacial score (nSPS) is 10.9. The van der Waals surface area contributed by atoms with Gasteiger partial charge in [-0.25, -0.2) is 0 Å². The molecule has 0 radical (unpaired) electrons. The maximum atomic E-state index is 14.1. The lowest BCUT2D eigenvalue weighted by Gasteiger charge is -2.24. The molecule has 0 aliphatic rings. The number of carbonyl (C=O) groups is 6. The van der Waals surface area contributed by atoms with Crippen molar-refractivity contribution in [2.24, 2.45) is 0 Å². The molecule has 60 heavy (non-hydrogen) atoms. The first kappa shape index (κ1) is 53.7. The van der Waals surface area contributed by atoms with Crippen LogP contribution in [0.15, 0.2) is 18.2 Å². The Hall–Kier alpha value is -4.28. The van der Waals surface area contributed by atoms with Crippen molar-refractivity contribution in [2.45, 2.75) is 32.6 Å². The molecule has 20 heteroatoms. The zero-order valence-electron chi connectivity index (χ0n) is 36.1. The van der Waals surface area contributed by atoms with Crippen LogP contribution >= 0.6 is 0 Å². The van der Waals surface area contributed by atoms with Crippen LogP contribution in [0.2, 0.25) is 0 Å². The number of hydrogen-bond donors (Lipinski definition) is 4. The van der Waals surface area contributed by atoms with Gasteiger partial charge in [-0.1, -0.05) is 6.92 Å². The van der Waals surface area contributed by atoms with Gasteiger partial charge in [0.15, 0.2) is 0 Å². The topological polar surface area (TPSA) is 231 Å². The minimum atomic E-state index is -0.706. The number of methoxy groups -OCH3 is 4. The lowest BCUT2D eigenvalue weighted by atomic mass is 10.0. The van der Waals surface area contributed by atoms with Gasteiger partial charge in [-0.15, -0.1) is 0 Å². The zero-order valence-corrected chi connectivity index (χ0v) is 36.1. The van der Waals surface area contributed by atoms with Crippen molar-refractivity contribution in [1.82, 2.24) is 31.1 Å². The molecule has 0 fully saturated rings. The van der Waals surface area contributed by atoms with E-state index in [-0.39, 0.29) is 57.3 Å². The van der Waals surface area contributed by atoms with Gasteiger partial charge >= 0.3 is 0 Å². The number of unbranched alkanes of at least 4 members (excludes halogenated alkanes) is 1. The fourth-order valence-electron chi connectivity index (χ4n) is 5.16. The minimum Gasteiger partial charge on any atom is -0.385 e. The van der Waals surface area contributed by atoms with E-state index in [1.807, 2.05) is 6.92 Å². The van der Waals surface area contributed by atoms with E-state index in [4.69, 9.17) is 37.9 Å². The first-order valence-electron chi connectivity index (χ1n) is 20.2. The van der Waals surface area contributed by atoms with Crippen LogP contribution in [0.1, 0.15) is 52.5 Å². The maximum absolute atomic E-state index is 14.1. The average Bonchev–Trinajstić information content (AvgIpc) is 3.24. The molecule has 0 aliphatic heterocycles. The summed E-state index contributed by atoms with van der Waals surface area (Å²) in [5, 5.41) is 10.7. The molecule has 0 bridgehead atoms. The third-order valence-electron chi connectivity index (χ3n) is 8.27. The van der Waals surface area contributed by atoms with E-state index in [1.54, 1.807) is 40.6 Å². The molecule has 1 rings (SSSR count). The van der Waals surface area contributed by atoms with Crippen LogP contribution in [0, 0.1) is 0 Å². The number of ether oxygens (including phenoxy) is 8. The largest absolute Gasteiger partial charge is 0.385 e. The van der Waals surface area contributed by atoms with E-state index in [0.717, 1.165) is 22.6 Å². The van der Waals surface area contributed by atoms with Crippen LogP contribution in [-0.2, 0) is 63.5 Å². The highest BCUT2D eigenvalue weighted by Crippen LogP contribution is 2.16. The van der Waals surface area contributed by atoms with Gasteiger partial charge < -0.3 is 69.0 Å². The fraction of sp³-hybridized carbons (Fsp3) is 0.700. The summed E-state index contributed by atoms with van der Waals surface area (Å²) in [6.45, 7) is 4.28. The van der Waals surface area contributed by atoms with Gasteiger partial charge in [0.05, 0.1) is 46.2 Å². The molecule has 0 heterocycles. The molecular weight excluding hydrogens is 788 g/mol. The Morgan fingerprint density at radius 2 is 0.833 bits per heavy atom. The quantitative estimate of drug-likeness (QED) is 0.0483. The van der Waals surface area contributed by atoms with E-state index in [0.29, 0.717) is 71.3 Å². The minimum absolute atomic E-state index is 0.0169. The molecule has 342 valence electrons. The Morgan fingerprint density at radius 1 is 0.450 bits per heavy atom. The molecule has 0 saturated carbocycles. The molecule has 1 aromatic rings. The van der Waals surface area contributed by atoms with Crippen molar-refractivity contribution in [2.75, 3.05) is 154 Å². The van der Waals surface area contributed by atoms with E-state index in [9.17, 15) is 28.8 Å². The van der Waals surface area contributed by atoms with Gasteiger partial charge in [0.1, 0.15) is 32.9 Å². The van der Waals surface area contributed by atoms with Crippen molar-refractivity contribution in [1.29, 1.82) is 0 Å². The third-order valence-corrected chi connectivity index (χ3v) is 8.27. The third kappa shape index (κ3) is 26.0. The lowest BCUT2D eigenvalue weighted by Crippen LogP contribution is -2.47. The first-order valence-corrected chi connectivity index (χ1v) is 20.2. The van der Waals surface area contributed by atoms with E-state index in [1.165, 1.54) is 6.07 Å². The lowest BCUT2D eigenvalue weighted by molar-refractivity contribution is -0.126. The summed E-state index contributed by atoms with van der Waals surface area (Å²) in [6.07, 6.45) is 2.60. The Bertz CT molecular complexity index is 1290. The molecule has 4 N–H and O–H groups in total. The SMILES string of the molecule is CCc1cc(C(=O)N(CC(=O)NCCOCCCOC)CC(=O)NCCOCCOC)cc(C(=O)N(CC(=O)NCCOCCOC)CC(=O)NCOCCCCOC)c1. The van der Waals surface area contributed by atoms with Crippen LogP contribution in [0.3, 0.4) is 0 Å². The number of aryl methyl sites for hydroxylation is 1. The molecule has 1 aromatic carbocycles. The second kappa shape index (κ2) is 35.5. The van der Waals surface area contributed by atoms with Crippen molar-refractivity contribution >= 4 is 35.4 Å². The van der Waals surface area contributed by atoms with E-state index < -0.39 is 61.6 Å². The summed E-state index contributed by atoms with van der Waals surface area (Å²) in [7, 11) is 6.29. The van der Waals surface area contributed by atoms with Gasteiger partial charge in [0, 0.05) is 85.6 Å². The van der Waals surface area contributed by atoms with E-state index >= 15 is 0 Å². The highest BCUT2D eigenvalue weighted by Gasteiger charge is 2.26. The van der Waals surface area contributed by atoms with Crippen molar-refractivity contribution in [3.63, 3.8) is 0 Å². The summed E-state index contributed by atoms with van der Waals surface area (Å²) in [5.74, 6) is -3.60. The van der Waals surface area contributed by atoms with Crippen LogP contribution in [0.4, 0.5) is 0 Å². The number of hydrogen-bond acceptors (Lipinski definition) is 14. The number of amides is 6. The first-order chi connectivity index (χ1) is 29.1. The Morgan fingerprint density at radius 3 is 1.27 bits per heavy atom. The van der Waals surface area contributed by atoms with Crippen LogP contribution in [-0.4, -0.2) is 199 Å². The molecular formula is C40H68N6O14.